The molecule has 4 N–H and O–H groups in total. The molecule has 0 aliphatic rings. The van der Waals surface area contributed by atoms with Crippen LogP contribution in [0.25, 0.3) is 0 Å². The number of aliphatic carboxylic acids is 4. The largest absolute Gasteiger partial charge is 4.00 e. The summed E-state index contributed by atoms with van der Waals surface area (Å²) in [5, 5.41) is 68.6. The van der Waals surface area contributed by atoms with Crippen molar-refractivity contribution in [3.63, 3.8) is 0 Å². The number of aliphatic hydroxyl groups is 4. The van der Waals surface area contributed by atoms with Gasteiger partial charge in [0, 0.05) is 76.0 Å². The Morgan fingerprint density at radius 1 is 0.480 bits per heavy atom. The van der Waals surface area contributed by atoms with E-state index in [9.17, 15) is 39.6 Å². The molecular formula is C13H20O12. The minimum Gasteiger partial charge on any atom is -0.550 e. The molecule has 0 aromatic heterocycles. The molecule has 144 valence electrons. The molecule has 0 heterocycles. The molecule has 12 nitrogen and oxygen atoms in total. The fourth-order valence-electron chi connectivity index (χ4n) is 0.365. The SMILES string of the molecule is O=C([O-])CCO.O=C([O-])CCO.O=C([O-])CCO.O=C([O-])CCO.[C+4]. The summed E-state index contributed by atoms with van der Waals surface area (Å²) in [5.41, 5.74) is 0. The predicted octanol–water partition coefficient (Wildman–Crippen LogP) is -7.44. The molecule has 0 unspecified atom stereocenters. The van der Waals surface area contributed by atoms with Gasteiger partial charge in [-0.25, -0.2) is 0 Å². The second kappa shape index (κ2) is 29.7. The summed E-state index contributed by atoms with van der Waals surface area (Å²) in [7, 11) is 0. The van der Waals surface area contributed by atoms with Gasteiger partial charge in [-0.15, -0.1) is 0 Å². The quantitative estimate of drug-likeness (QED) is 0.312. The van der Waals surface area contributed by atoms with E-state index in [1.165, 1.54) is 0 Å². The molecular weight excluding hydrogens is 348 g/mol. The number of hydrogen-bond acceptors (Lipinski definition) is 12. The molecule has 0 spiro atoms. The van der Waals surface area contributed by atoms with Crippen molar-refractivity contribution >= 4 is 23.9 Å². The van der Waals surface area contributed by atoms with Crippen LogP contribution >= 0.6 is 0 Å². The third-order valence-corrected chi connectivity index (χ3v) is 1.26. The molecule has 0 aromatic carbocycles. The zero-order valence-corrected chi connectivity index (χ0v) is 13.2. The van der Waals surface area contributed by atoms with E-state index in [2.05, 4.69) is 0 Å². The maximum atomic E-state index is 9.33. The Kier molecular flexibility index (Phi) is 40.5. The fourth-order valence-corrected chi connectivity index (χ4v) is 0.365. The van der Waals surface area contributed by atoms with Crippen LogP contribution in [-0.4, -0.2) is 70.7 Å². The number of carbonyl (C=O) groups excluding carboxylic acids is 4. The zero-order valence-electron chi connectivity index (χ0n) is 13.2. The maximum absolute atomic E-state index is 9.33. The van der Waals surface area contributed by atoms with Crippen LogP contribution in [0, 0.1) is 7.43 Å². The molecule has 0 fully saturated rings. The zero-order chi connectivity index (χ0) is 20.0. The van der Waals surface area contributed by atoms with Crippen molar-refractivity contribution in [2.45, 2.75) is 25.7 Å². The van der Waals surface area contributed by atoms with Crippen LogP contribution in [0.15, 0.2) is 0 Å². The number of hydrogen-bond donors (Lipinski definition) is 4. The topological polar surface area (TPSA) is 241 Å². The van der Waals surface area contributed by atoms with Crippen LogP contribution in [0.5, 0.6) is 0 Å². The molecule has 25 heavy (non-hydrogen) atoms. The number of rotatable bonds is 8. The van der Waals surface area contributed by atoms with Crippen molar-refractivity contribution in [1.82, 2.24) is 0 Å². The first-order valence-corrected chi connectivity index (χ1v) is 6.31. The summed E-state index contributed by atoms with van der Waals surface area (Å²) in [4.78, 5) is 37.3. The summed E-state index contributed by atoms with van der Waals surface area (Å²) in [5.74, 6) is -4.84. The van der Waals surface area contributed by atoms with Gasteiger partial charge >= 0.3 is 7.43 Å². The van der Waals surface area contributed by atoms with Crippen molar-refractivity contribution in [3.8, 4) is 0 Å². The Labute approximate surface area is 144 Å². The van der Waals surface area contributed by atoms with Gasteiger partial charge in [0.15, 0.2) is 0 Å². The smallest absolute Gasteiger partial charge is 0.550 e. The average Bonchev–Trinajstić information content (AvgIpc) is 2.39. The molecule has 0 saturated heterocycles. The molecule has 12 heteroatoms. The molecule has 0 radical (unpaired) electrons. The second-order valence-corrected chi connectivity index (χ2v) is 3.38. The van der Waals surface area contributed by atoms with E-state index in [0.717, 1.165) is 0 Å². The Morgan fingerprint density at radius 3 is 0.600 bits per heavy atom. The summed E-state index contributed by atoms with van der Waals surface area (Å²) in [6, 6.07) is 0. The van der Waals surface area contributed by atoms with Crippen LogP contribution in [0.1, 0.15) is 25.7 Å². The van der Waals surface area contributed by atoms with Crippen molar-refractivity contribution in [2.75, 3.05) is 26.4 Å². The van der Waals surface area contributed by atoms with Gasteiger partial charge in [-0.2, -0.15) is 0 Å². The van der Waals surface area contributed by atoms with Crippen LogP contribution < -0.4 is 20.4 Å². The van der Waals surface area contributed by atoms with E-state index in [1.807, 2.05) is 0 Å². The summed E-state index contributed by atoms with van der Waals surface area (Å²) in [6.45, 7) is -1.32. The van der Waals surface area contributed by atoms with Gasteiger partial charge in [0.05, 0.1) is 0 Å². The maximum Gasteiger partial charge on any atom is 4.00 e. The first kappa shape index (κ1) is 34.1. The minimum atomic E-state index is -1.21. The Balaban J connectivity index is -0.0000000702. The van der Waals surface area contributed by atoms with E-state index in [-0.39, 0.29) is 59.5 Å². The van der Waals surface area contributed by atoms with Crippen LogP contribution in [0.3, 0.4) is 0 Å². The second-order valence-electron chi connectivity index (χ2n) is 3.38. The Morgan fingerprint density at radius 2 is 0.600 bits per heavy atom. The van der Waals surface area contributed by atoms with Crippen molar-refractivity contribution in [3.05, 3.63) is 7.43 Å². The molecule has 0 saturated carbocycles. The van der Waals surface area contributed by atoms with Crippen LogP contribution in [0.4, 0.5) is 0 Å². The van der Waals surface area contributed by atoms with Gasteiger partial charge in [-0.1, -0.05) is 0 Å². The van der Waals surface area contributed by atoms with Gasteiger partial charge < -0.3 is 60.0 Å². The number of carbonyl (C=O) groups is 4. The van der Waals surface area contributed by atoms with E-state index in [1.54, 1.807) is 0 Å². The van der Waals surface area contributed by atoms with Crippen molar-refractivity contribution in [2.24, 2.45) is 0 Å². The third-order valence-electron chi connectivity index (χ3n) is 1.26. The van der Waals surface area contributed by atoms with Gasteiger partial charge in [0.1, 0.15) is 0 Å². The van der Waals surface area contributed by atoms with Crippen LogP contribution in [0.2, 0.25) is 0 Å². The van der Waals surface area contributed by atoms with Gasteiger partial charge in [0.2, 0.25) is 0 Å². The number of carboxylic acid groups (broad SMARTS) is 4. The summed E-state index contributed by atoms with van der Waals surface area (Å²) < 4.78 is 0. The van der Waals surface area contributed by atoms with Gasteiger partial charge in [-0.3, -0.25) is 0 Å². The molecule has 0 aromatic rings. The third kappa shape index (κ3) is 89.4. The van der Waals surface area contributed by atoms with E-state index >= 15 is 0 Å². The van der Waals surface area contributed by atoms with Gasteiger partial charge in [0.25, 0.3) is 0 Å². The molecule has 0 amide bonds. The Hall–Kier alpha value is -2.28. The molecule has 0 bridgehead atoms. The van der Waals surface area contributed by atoms with Crippen molar-refractivity contribution in [1.29, 1.82) is 0 Å². The van der Waals surface area contributed by atoms with Crippen LogP contribution in [-0.2, 0) is 19.2 Å². The monoisotopic (exact) mass is 368 g/mol. The van der Waals surface area contributed by atoms with E-state index in [0.29, 0.717) is 0 Å². The molecule has 0 rings (SSSR count). The fraction of sp³-hybridized carbons (Fsp3) is 0.615. The average molecular weight is 368 g/mol. The Bertz CT molecular complexity index is 265. The van der Waals surface area contributed by atoms with Gasteiger partial charge in [-0.05, 0) is 0 Å². The normalized spacial score (nSPS) is 7.84. The summed E-state index contributed by atoms with van der Waals surface area (Å²) in [6.07, 6.45) is -1.06. The molecule has 0 atom stereocenters. The summed E-state index contributed by atoms with van der Waals surface area (Å²) >= 11 is 0. The van der Waals surface area contributed by atoms with E-state index < -0.39 is 23.9 Å². The first-order valence-electron chi connectivity index (χ1n) is 6.31. The number of aliphatic hydroxyl groups excluding tert-OH is 4. The van der Waals surface area contributed by atoms with Crippen molar-refractivity contribution < 1.29 is 60.0 Å². The molecule has 0 aliphatic carbocycles. The molecule has 0 aliphatic heterocycles. The minimum absolute atomic E-state index is 0. The first-order chi connectivity index (χ1) is 11.1. The predicted molar refractivity (Wildman–Crippen MR) is 70.1 cm³/mol. The standard InChI is InChI=1S/4C3H6O3.C/c4*4-2-1-3(5)6;/h4*4H,1-2H2,(H,5,6);/q;;;;+4/p-4. The van der Waals surface area contributed by atoms with E-state index in [4.69, 9.17) is 20.4 Å². The number of carboxylic acids is 4.